The van der Waals surface area contributed by atoms with E-state index in [0.717, 1.165) is 48.0 Å². The molecule has 7 heteroatoms. The van der Waals surface area contributed by atoms with E-state index in [-0.39, 0.29) is 5.69 Å². The second-order valence-electron chi connectivity index (χ2n) is 6.61. The Labute approximate surface area is 134 Å². The van der Waals surface area contributed by atoms with E-state index < -0.39 is 5.97 Å². The zero-order valence-electron chi connectivity index (χ0n) is 13.2. The number of anilines is 1. The van der Waals surface area contributed by atoms with Crippen LogP contribution in [0.3, 0.4) is 0 Å². The lowest BCUT2D eigenvalue weighted by atomic mass is 10.2. The van der Waals surface area contributed by atoms with Crippen LogP contribution in [0.5, 0.6) is 0 Å². The quantitative estimate of drug-likeness (QED) is 0.919. The third-order valence-corrected chi connectivity index (χ3v) is 5.18. The molecule has 1 saturated carbocycles. The first kappa shape index (κ1) is 14.2. The molecule has 4 rings (SSSR count). The lowest BCUT2D eigenvalue weighted by Crippen LogP contribution is -2.26. The highest BCUT2D eigenvalue weighted by Gasteiger charge is 2.53. The summed E-state index contributed by atoms with van der Waals surface area (Å²) < 4.78 is 1.74. The van der Waals surface area contributed by atoms with Gasteiger partial charge in [-0.1, -0.05) is 6.92 Å². The summed E-state index contributed by atoms with van der Waals surface area (Å²) in [6.07, 6.45) is 4.88. The van der Waals surface area contributed by atoms with Crippen molar-refractivity contribution in [2.45, 2.75) is 20.4 Å². The van der Waals surface area contributed by atoms with E-state index in [2.05, 4.69) is 26.8 Å². The smallest absolute Gasteiger partial charge is 0.356 e. The molecule has 3 atom stereocenters. The number of aryl methyl sites for hydroxylation is 1. The van der Waals surface area contributed by atoms with Crippen molar-refractivity contribution in [3.05, 3.63) is 35.7 Å². The van der Waals surface area contributed by atoms with Crippen molar-refractivity contribution in [2.75, 3.05) is 18.0 Å². The third-order valence-electron chi connectivity index (χ3n) is 5.18. The molecular weight excluding hydrogens is 294 g/mol. The number of hydrogen-bond donors (Lipinski definition) is 1. The molecule has 0 spiro atoms. The summed E-state index contributed by atoms with van der Waals surface area (Å²) in [5.74, 6) is 2.28. The fraction of sp³-hybridized carbons (Fsp3) is 0.500. The molecule has 0 bridgehead atoms. The van der Waals surface area contributed by atoms with Gasteiger partial charge in [0.2, 0.25) is 5.95 Å². The van der Waals surface area contributed by atoms with E-state index in [9.17, 15) is 4.79 Å². The second-order valence-corrected chi connectivity index (χ2v) is 6.61. The van der Waals surface area contributed by atoms with Crippen LogP contribution in [-0.4, -0.2) is 43.7 Å². The minimum Gasteiger partial charge on any atom is -0.476 e. The van der Waals surface area contributed by atoms with Gasteiger partial charge in [0, 0.05) is 36.7 Å². The standard InChI is InChI=1S/C16H19N5O2/c1-9-12-5-21(6-13(9)12)16-17-3-11(10(2)19-16)4-20-7-14(15(22)23)18-8-20/h3,7-9,12-13H,4-6H2,1-2H3,(H,22,23)/t9-,12+,13-. The van der Waals surface area contributed by atoms with Gasteiger partial charge in [-0.2, -0.15) is 0 Å². The van der Waals surface area contributed by atoms with Crippen molar-refractivity contribution in [1.82, 2.24) is 19.5 Å². The predicted molar refractivity (Wildman–Crippen MR) is 83.4 cm³/mol. The van der Waals surface area contributed by atoms with E-state index in [4.69, 9.17) is 5.11 Å². The summed E-state index contributed by atoms with van der Waals surface area (Å²) in [5, 5.41) is 8.91. The molecule has 2 aromatic heterocycles. The molecule has 120 valence electrons. The summed E-state index contributed by atoms with van der Waals surface area (Å²) in [4.78, 5) is 26.1. The number of carboxylic acid groups (broad SMARTS) is 1. The Hall–Kier alpha value is -2.44. The monoisotopic (exact) mass is 313 g/mol. The predicted octanol–water partition coefficient (Wildman–Crippen LogP) is 1.43. The SMILES string of the molecule is Cc1nc(N2C[C@@H]3[C@H](C)[C@@H]3C2)ncc1Cn1cnc(C(=O)O)c1. The van der Waals surface area contributed by atoms with Crippen molar-refractivity contribution < 1.29 is 9.90 Å². The highest BCUT2D eigenvalue weighted by atomic mass is 16.4. The Kier molecular flexibility index (Phi) is 3.11. The molecule has 2 fully saturated rings. The molecule has 0 unspecified atom stereocenters. The van der Waals surface area contributed by atoms with E-state index in [1.807, 2.05) is 13.1 Å². The van der Waals surface area contributed by atoms with Crippen LogP contribution in [0.2, 0.25) is 0 Å². The van der Waals surface area contributed by atoms with Crippen LogP contribution in [0.15, 0.2) is 18.7 Å². The highest BCUT2D eigenvalue weighted by Crippen LogP contribution is 2.51. The number of carbonyl (C=O) groups is 1. The van der Waals surface area contributed by atoms with Gasteiger partial charge in [-0.15, -0.1) is 0 Å². The Morgan fingerprint density at radius 2 is 2.09 bits per heavy atom. The number of rotatable bonds is 4. The number of nitrogens with zero attached hydrogens (tertiary/aromatic N) is 5. The lowest BCUT2D eigenvalue weighted by Gasteiger charge is -2.19. The number of hydrogen-bond acceptors (Lipinski definition) is 5. The lowest BCUT2D eigenvalue weighted by molar-refractivity contribution is 0.0691. The average Bonchev–Trinajstić information content (AvgIpc) is 2.94. The Balaban J connectivity index is 1.48. The first-order chi connectivity index (χ1) is 11.0. The molecular formula is C16H19N5O2. The number of imidazole rings is 1. The zero-order chi connectivity index (χ0) is 16.1. The van der Waals surface area contributed by atoms with Gasteiger partial charge in [-0.05, 0) is 24.7 Å². The van der Waals surface area contributed by atoms with Crippen molar-refractivity contribution in [3.63, 3.8) is 0 Å². The van der Waals surface area contributed by atoms with E-state index in [0.29, 0.717) is 6.54 Å². The fourth-order valence-corrected chi connectivity index (χ4v) is 3.53. The Morgan fingerprint density at radius 1 is 1.35 bits per heavy atom. The van der Waals surface area contributed by atoms with Gasteiger partial charge >= 0.3 is 5.97 Å². The molecule has 2 aromatic rings. The van der Waals surface area contributed by atoms with Gasteiger partial charge in [0.15, 0.2) is 5.69 Å². The first-order valence-corrected chi connectivity index (χ1v) is 7.85. The maximum Gasteiger partial charge on any atom is 0.356 e. The molecule has 1 N–H and O–H groups in total. The van der Waals surface area contributed by atoms with Gasteiger partial charge in [-0.3, -0.25) is 0 Å². The van der Waals surface area contributed by atoms with Crippen LogP contribution in [-0.2, 0) is 6.54 Å². The van der Waals surface area contributed by atoms with Crippen LogP contribution >= 0.6 is 0 Å². The van der Waals surface area contributed by atoms with Gasteiger partial charge in [0.05, 0.1) is 12.9 Å². The number of aromatic carboxylic acids is 1. The van der Waals surface area contributed by atoms with E-state index >= 15 is 0 Å². The molecule has 23 heavy (non-hydrogen) atoms. The molecule has 2 aliphatic rings. The van der Waals surface area contributed by atoms with Crippen LogP contribution in [0.1, 0.15) is 28.7 Å². The zero-order valence-corrected chi connectivity index (χ0v) is 13.2. The van der Waals surface area contributed by atoms with Gasteiger partial charge in [-0.25, -0.2) is 19.7 Å². The van der Waals surface area contributed by atoms with E-state index in [1.165, 1.54) is 12.5 Å². The molecule has 3 heterocycles. The van der Waals surface area contributed by atoms with Crippen molar-refractivity contribution in [2.24, 2.45) is 17.8 Å². The maximum atomic E-state index is 10.9. The summed E-state index contributed by atoms with van der Waals surface area (Å²) in [6, 6.07) is 0. The number of carboxylic acids is 1. The van der Waals surface area contributed by atoms with Gasteiger partial charge in [0.1, 0.15) is 0 Å². The topological polar surface area (TPSA) is 84.1 Å². The Bertz CT molecular complexity index is 760. The minimum absolute atomic E-state index is 0.0469. The van der Waals surface area contributed by atoms with Gasteiger partial charge in [0.25, 0.3) is 0 Å². The fourth-order valence-electron chi connectivity index (χ4n) is 3.53. The number of fused-ring (bicyclic) bond motifs is 1. The maximum absolute atomic E-state index is 10.9. The molecule has 1 saturated heterocycles. The summed E-state index contributed by atoms with van der Waals surface area (Å²) >= 11 is 0. The summed E-state index contributed by atoms with van der Waals surface area (Å²) in [5.41, 5.74) is 1.95. The third kappa shape index (κ3) is 2.46. The van der Waals surface area contributed by atoms with Crippen LogP contribution < -0.4 is 4.90 Å². The molecule has 0 aromatic carbocycles. The average molecular weight is 313 g/mol. The molecule has 0 radical (unpaired) electrons. The number of aromatic nitrogens is 4. The summed E-state index contributed by atoms with van der Waals surface area (Å²) in [6.45, 7) is 6.93. The Morgan fingerprint density at radius 3 is 2.70 bits per heavy atom. The molecule has 0 amide bonds. The van der Waals surface area contributed by atoms with Crippen LogP contribution in [0.25, 0.3) is 0 Å². The summed E-state index contributed by atoms with van der Waals surface area (Å²) in [7, 11) is 0. The molecule has 7 nitrogen and oxygen atoms in total. The van der Waals surface area contributed by atoms with Crippen molar-refractivity contribution >= 4 is 11.9 Å². The van der Waals surface area contributed by atoms with E-state index in [1.54, 1.807) is 4.57 Å². The highest BCUT2D eigenvalue weighted by molar-refractivity contribution is 5.84. The van der Waals surface area contributed by atoms with Gasteiger partial charge < -0.3 is 14.6 Å². The van der Waals surface area contributed by atoms with Crippen LogP contribution in [0.4, 0.5) is 5.95 Å². The van der Waals surface area contributed by atoms with Crippen LogP contribution in [0, 0.1) is 24.7 Å². The van der Waals surface area contributed by atoms with Crippen molar-refractivity contribution in [3.8, 4) is 0 Å². The number of piperidine rings is 1. The normalized spacial score (nSPS) is 25.5. The first-order valence-electron chi connectivity index (χ1n) is 7.85. The largest absolute Gasteiger partial charge is 0.476 e. The molecule has 1 aliphatic carbocycles. The second kappa shape index (κ2) is 5.04. The minimum atomic E-state index is -1.02. The molecule has 1 aliphatic heterocycles. The van der Waals surface area contributed by atoms with Crippen molar-refractivity contribution in [1.29, 1.82) is 0 Å².